The zero-order chi connectivity index (χ0) is 38.1. The Morgan fingerprint density at radius 1 is 0.873 bits per heavy atom. The maximum atomic E-state index is 5.92. The third-order valence-corrected chi connectivity index (χ3v) is 9.97. The summed E-state index contributed by atoms with van der Waals surface area (Å²) in [6.45, 7) is 5.03. The summed E-state index contributed by atoms with van der Waals surface area (Å²) in [4.78, 5) is 11.8. The van der Waals surface area contributed by atoms with E-state index in [4.69, 9.17) is 33.4 Å². The van der Waals surface area contributed by atoms with Crippen molar-refractivity contribution in [3.8, 4) is 23.0 Å². The molecule has 7 rings (SSSR count). The van der Waals surface area contributed by atoms with Crippen LogP contribution < -0.4 is 29.6 Å². The number of fused-ring (bicyclic) bond motifs is 1. The second kappa shape index (κ2) is 17.7. The van der Waals surface area contributed by atoms with Crippen LogP contribution in [0.25, 0.3) is 11.8 Å². The number of pyridine rings is 2. The van der Waals surface area contributed by atoms with Crippen LogP contribution in [-0.2, 0) is 29.1 Å². The van der Waals surface area contributed by atoms with Crippen LogP contribution in [-0.4, -0.2) is 72.6 Å². The molecule has 55 heavy (non-hydrogen) atoms. The average Bonchev–Trinajstić information content (AvgIpc) is 3.67. The molecule has 13 nitrogen and oxygen atoms in total. The smallest absolute Gasteiger partial charge is 0.157 e. The zero-order valence-electron chi connectivity index (χ0n) is 32.1. The summed E-state index contributed by atoms with van der Waals surface area (Å²) in [7, 11) is 6.66. The topological polar surface area (TPSA) is 126 Å². The van der Waals surface area contributed by atoms with Crippen molar-refractivity contribution in [2.75, 3.05) is 47.0 Å². The standard InChI is InChI=1S/C42H49N7O6/c1-28-13-14-43-24-35(28)37-18-31-19-40(47-32-23-46-48(27-32)15-17-55-41-8-6-7-16-54-41)44-25-36(31)42(45-22-29-9-11-33(50-2)20-38(29)52-4)49(37)26-30-10-12-34(51-3)21-39(30)53-5/h9-14,18-21,23-25,27,41-42,45H,6-8,15-17,22,26H2,1-5H3,(H,44,47). The molecule has 13 heteroatoms. The van der Waals surface area contributed by atoms with Gasteiger partial charge in [0.2, 0.25) is 0 Å². The quantitative estimate of drug-likeness (QED) is 0.107. The van der Waals surface area contributed by atoms with Crippen molar-refractivity contribution in [1.82, 2.24) is 30.0 Å². The fraction of sp³-hybridized carbons (Fsp3) is 0.357. The van der Waals surface area contributed by atoms with Crippen molar-refractivity contribution in [3.05, 3.63) is 113 Å². The molecule has 288 valence electrons. The minimum Gasteiger partial charge on any atom is -0.497 e. The van der Waals surface area contributed by atoms with E-state index in [9.17, 15) is 0 Å². The summed E-state index contributed by atoms with van der Waals surface area (Å²) >= 11 is 0. The number of ether oxygens (including phenoxy) is 6. The molecule has 3 aromatic heterocycles. The number of hydrogen-bond acceptors (Lipinski definition) is 12. The Morgan fingerprint density at radius 2 is 1.65 bits per heavy atom. The number of aryl methyl sites for hydroxylation is 1. The highest BCUT2D eigenvalue weighted by Crippen LogP contribution is 2.41. The molecule has 0 aliphatic carbocycles. The number of aromatic nitrogens is 4. The maximum Gasteiger partial charge on any atom is 0.157 e. The van der Waals surface area contributed by atoms with E-state index in [1.807, 2.05) is 71.9 Å². The van der Waals surface area contributed by atoms with Crippen molar-refractivity contribution in [2.45, 2.75) is 58.3 Å². The van der Waals surface area contributed by atoms with Gasteiger partial charge in [0.05, 0.1) is 53.5 Å². The van der Waals surface area contributed by atoms with E-state index >= 15 is 0 Å². The summed E-state index contributed by atoms with van der Waals surface area (Å²) in [5.74, 6) is 3.62. The van der Waals surface area contributed by atoms with Gasteiger partial charge in [-0.1, -0.05) is 6.07 Å². The molecule has 2 unspecified atom stereocenters. The molecule has 0 saturated carbocycles. The van der Waals surface area contributed by atoms with Gasteiger partial charge in [-0.25, -0.2) is 4.98 Å². The molecular weight excluding hydrogens is 699 g/mol. The van der Waals surface area contributed by atoms with Gasteiger partial charge in [-0.2, -0.15) is 5.10 Å². The Morgan fingerprint density at radius 3 is 2.38 bits per heavy atom. The van der Waals surface area contributed by atoms with Gasteiger partial charge in [-0.3, -0.25) is 15.0 Å². The van der Waals surface area contributed by atoms with Crippen molar-refractivity contribution in [3.63, 3.8) is 0 Å². The van der Waals surface area contributed by atoms with Crippen LogP contribution in [0, 0.1) is 6.92 Å². The van der Waals surface area contributed by atoms with Gasteiger partial charge in [0.25, 0.3) is 0 Å². The normalized spacial score (nSPS) is 16.6. The molecule has 2 aromatic carbocycles. The lowest BCUT2D eigenvalue weighted by molar-refractivity contribution is -0.163. The fourth-order valence-corrected chi connectivity index (χ4v) is 6.99. The summed E-state index contributed by atoms with van der Waals surface area (Å²) in [6, 6.07) is 15.9. The van der Waals surface area contributed by atoms with Crippen LogP contribution in [0.5, 0.6) is 23.0 Å². The highest BCUT2D eigenvalue weighted by atomic mass is 16.7. The first kappa shape index (κ1) is 37.7. The molecule has 2 atom stereocenters. The van der Waals surface area contributed by atoms with Gasteiger partial charge < -0.3 is 38.6 Å². The minimum absolute atomic E-state index is 0.124. The largest absolute Gasteiger partial charge is 0.497 e. The molecule has 0 spiro atoms. The van der Waals surface area contributed by atoms with Crippen molar-refractivity contribution in [1.29, 1.82) is 0 Å². The molecule has 1 saturated heterocycles. The van der Waals surface area contributed by atoms with Crippen LogP contribution in [0.2, 0.25) is 0 Å². The van der Waals surface area contributed by atoms with E-state index in [2.05, 4.69) is 44.7 Å². The number of benzene rings is 2. The van der Waals surface area contributed by atoms with Crippen molar-refractivity contribution >= 4 is 23.3 Å². The van der Waals surface area contributed by atoms with Crippen LogP contribution in [0.15, 0.2) is 79.5 Å². The maximum absolute atomic E-state index is 5.92. The Kier molecular flexibility index (Phi) is 12.1. The third-order valence-electron chi connectivity index (χ3n) is 9.97. The van der Waals surface area contributed by atoms with E-state index in [0.29, 0.717) is 32.1 Å². The molecule has 2 aliphatic heterocycles. The first-order chi connectivity index (χ1) is 27.0. The summed E-state index contributed by atoms with van der Waals surface area (Å²) in [5.41, 5.74) is 7.96. The van der Waals surface area contributed by atoms with Crippen LogP contribution >= 0.6 is 0 Å². The molecule has 0 radical (unpaired) electrons. The van der Waals surface area contributed by atoms with Crippen LogP contribution in [0.4, 0.5) is 11.5 Å². The number of methoxy groups -OCH3 is 4. The van der Waals surface area contributed by atoms with E-state index in [1.165, 1.54) is 0 Å². The number of hydrogen-bond donors (Lipinski definition) is 2. The van der Waals surface area contributed by atoms with E-state index in [1.54, 1.807) is 34.6 Å². The molecule has 2 aliphatic rings. The monoisotopic (exact) mass is 747 g/mol. The Bertz CT molecular complexity index is 2100. The van der Waals surface area contributed by atoms with Gasteiger partial charge in [0, 0.05) is 84.6 Å². The summed E-state index contributed by atoms with van der Waals surface area (Å²) < 4.78 is 36.1. The third kappa shape index (κ3) is 8.86. The molecule has 2 N–H and O–H groups in total. The Labute approximate surface area is 322 Å². The van der Waals surface area contributed by atoms with Crippen LogP contribution in [0.3, 0.4) is 0 Å². The first-order valence-corrected chi connectivity index (χ1v) is 18.5. The van der Waals surface area contributed by atoms with Gasteiger partial charge in [-0.05, 0) is 73.7 Å². The number of rotatable bonds is 16. The number of nitrogens with zero attached hydrogens (tertiary/aromatic N) is 5. The molecule has 0 bridgehead atoms. The van der Waals surface area contributed by atoms with E-state index in [-0.39, 0.29) is 12.5 Å². The van der Waals surface area contributed by atoms with Gasteiger partial charge in [-0.15, -0.1) is 0 Å². The van der Waals surface area contributed by atoms with E-state index < -0.39 is 0 Å². The number of anilines is 2. The minimum atomic E-state index is -0.314. The second-order valence-corrected chi connectivity index (χ2v) is 13.5. The van der Waals surface area contributed by atoms with Gasteiger partial charge in [0.15, 0.2) is 6.29 Å². The van der Waals surface area contributed by atoms with Crippen molar-refractivity contribution < 1.29 is 28.4 Å². The lowest BCUT2D eigenvalue weighted by Crippen LogP contribution is -2.39. The highest BCUT2D eigenvalue weighted by Gasteiger charge is 2.32. The Hall–Kier alpha value is -5.63. The van der Waals surface area contributed by atoms with E-state index in [0.717, 1.165) is 93.6 Å². The summed E-state index contributed by atoms with van der Waals surface area (Å²) in [6.07, 6.45) is 14.4. The van der Waals surface area contributed by atoms with Gasteiger partial charge >= 0.3 is 0 Å². The van der Waals surface area contributed by atoms with Crippen molar-refractivity contribution in [2.24, 2.45) is 0 Å². The first-order valence-electron chi connectivity index (χ1n) is 18.5. The number of nitrogens with one attached hydrogen (secondary N) is 2. The highest BCUT2D eigenvalue weighted by molar-refractivity contribution is 5.85. The zero-order valence-corrected chi connectivity index (χ0v) is 32.1. The second-order valence-electron chi connectivity index (χ2n) is 13.5. The predicted octanol–water partition coefficient (Wildman–Crippen LogP) is 7.11. The molecule has 1 fully saturated rings. The molecule has 5 aromatic rings. The predicted molar refractivity (Wildman–Crippen MR) is 210 cm³/mol. The lowest BCUT2D eigenvalue weighted by atomic mass is 9.94. The van der Waals surface area contributed by atoms with Gasteiger partial charge in [0.1, 0.15) is 35.0 Å². The summed E-state index contributed by atoms with van der Waals surface area (Å²) in [5, 5.41) is 11.9. The molecular formula is C42H49N7O6. The molecule has 0 amide bonds. The lowest BCUT2D eigenvalue weighted by Gasteiger charge is -2.40. The average molecular weight is 748 g/mol. The fourth-order valence-electron chi connectivity index (χ4n) is 6.99. The SMILES string of the molecule is COc1ccc(CNC2c3cnc(Nc4cnn(CCOC5CCCCO5)c4)cc3C=C(c3cnccc3C)N2Cc2ccc(OC)cc2OC)c(OC)c1. The Balaban J connectivity index is 1.22. The molecule has 5 heterocycles. The van der Waals surface area contributed by atoms with Crippen LogP contribution in [0.1, 0.15) is 58.8 Å².